The summed E-state index contributed by atoms with van der Waals surface area (Å²) in [5.41, 5.74) is 2.47. The highest BCUT2D eigenvalue weighted by Gasteiger charge is 2.21. The van der Waals surface area contributed by atoms with E-state index in [-0.39, 0.29) is 17.9 Å². The summed E-state index contributed by atoms with van der Waals surface area (Å²) in [6.45, 7) is 5.67. The van der Waals surface area contributed by atoms with E-state index < -0.39 is 0 Å². The number of aromatic amines is 1. The van der Waals surface area contributed by atoms with Gasteiger partial charge in [-0.2, -0.15) is 5.10 Å². The van der Waals surface area contributed by atoms with Crippen molar-refractivity contribution >= 4 is 34.5 Å². The van der Waals surface area contributed by atoms with Crippen molar-refractivity contribution in [3.8, 4) is 10.6 Å². The molecule has 0 saturated carbocycles. The lowest BCUT2D eigenvalue weighted by atomic mass is 10.2. The van der Waals surface area contributed by atoms with E-state index in [0.717, 1.165) is 10.6 Å². The smallest absolute Gasteiger partial charge is 0.253 e. The second kappa shape index (κ2) is 8.31. The van der Waals surface area contributed by atoms with Crippen LogP contribution in [0.1, 0.15) is 47.4 Å². The van der Waals surface area contributed by atoms with Gasteiger partial charge in [0.1, 0.15) is 12.2 Å². The highest BCUT2D eigenvalue weighted by Crippen LogP contribution is 2.32. The molecule has 31 heavy (non-hydrogen) atoms. The third-order valence-corrected chi connectivity index (χ3v) is 6.09. The van der Waals surface area contributed by atoms with Crippen molar-refractivity contribution in [2.75, 3.05) is 11.9 Å². The van der Waals surface area contributed by atoms with Crippen molar-refractivity contribution in [3.05, 3.63) is 53.2 Å². The van der Waals surface area contributed by atoms with E-state index in [1.807, 2.05) is 30.4 Å². The van der Waals surface area contributed by atoms with Crippen LogP contribution in [-0.2, 0) is 4.79 Å². The fourth-order valence-electron chi connectivity index (χ4n) is 3.34. The number of nitrogens with zero attached hydrogens (tertiary/aromatic N) is 5. The van der Waals surface area contributed by atoms with Crippen LogP contribution in [0.2, 0.25) is 0 Å². The maximum absolute atomic E-state index is 13.1. The molecule has 0 fully saturated rings. The molecule has 4 heterocycles. The number of amides is 2. The number of hydrogen-bond donors (Lipinski definition) is 2. The van der Waals surface area contributed by atoms with Crippen molar-refractivity contribution in [1.29, 1.82) is 0 Å². The van der Waals surface area contributed by atoms with Gasteiger partial charge in [0.15, 0.2) is 5.65 Å². The minimum absolute atomic E-state index is 0.0639. The van der Waals surface area contributed by atoms with E-state index >= 15 is 0 Å². The van der Waals surface area contributed by atoms with Gasteiger partial charge in [-0.3, -0.25) is 19.1 Å². The van der Waals surface area contributed by atoms with Gasteiger partial charge in [-0.15, -0.1) is 11.3 Å². The van der Waals surface area contributed by atoms with E-state index in [0.29, 0.717) is 29.1 Å². The molecule has 4 rings (SSSR count). The molecule has 0 aromatic carbocycles. The topological polar surface area (TPSA) is 108 Å². The van der Waals surface area contributed by atoms with Crippen molar-refractivity contribution in [2.24, 2.45) is 0 Å². The van der Waals surface area contributed by atoms with Crippen LogP contribution < -0.4 is 10.2 Å². The van der Waals surface area contributed by atoms with Gasteiger partial charge in [0.2, 0.25) is 5.91 Å². The summed E-state index contributed by atoms with van der Waals surface area (Å²) < 4.78 is 1.87. The molecule has 0 spiro atoms. The number of pyridine rings is 1. The Labute approximate surface area is 183 Å². The molecule has 0 bridgehead atoms. The number of fused-ring (bicyclic) bond motifs is 1. The molecule has 2 N–H and O–H groups in total. The molecule has 0 aliphatic carbocycles. The zero-order chi connectivity index (χ0) is 22.1. The second-order valence-electron chi connectivity index (χ2n) is 7.23. The van der Waals surface area contributed by atoms with Crippen LogP contribution in [0.5, 0.6) is 0 Å². The van der Waals surface area contributed by atoms with Gasteiger partial charge in [-0.1, -0.05) is 6.92 Å². The molecule has 10 heteroatoms. The summed E-state index contributed by atoms with van der Waals surface area (Å²) in [5, 5.41) is 9.51. The molecule has 2 amide bonds. The van der Waals surface area contributed by atoms with Crippen LogP contribution in [0.3, 0.4) is 0 Å². The lowest BCUT2D eigenvalue weighted by Gasteiger charge is -2.19. The van der Waals surface area contributed by atoms with Gasteiger partial charge in [-0.05, 0) is 32.0 Å². The highest BCUT2D eigenvalue weighted by atomic mass is 32.1. The number of aryl methyl sites for hydroxylation is 1. The van der Waals surface area contributed by atoms with E-state index in [9.17, 15) is 9.59 Å². The summed E-state index contributed by atoms with van der Waals surface area (Å²) in [6.07, 6.45) is 5.27. The third kappa shape index (κ3) is 3.93. The Morgan fingerprint density at radius 1 is 1.32 bits per heavy atom. The molecule has 9 nitrogen and oxygen atoms in total. The number of H-pyrrole nitrogens is 1. The van der Waals surface area contributed by atoms with E-state index in [4.69, 9.17) is 0 Å². The normalized spacial score (nSPS) is 12.1. The standard InChI is InChI=1S/C21H23N7O2S/c1-5-18(29)27(4)15-8-14(21(30)25-13(3)19-23-11-24-26-19)10-28-16(9-22-20(15)28)17-7-6-12(2)31-17/h6-11,13H,5H2,1-4H3,(H,25,30)(H,23,24,26). The second-order valence-corrected chi connectivity index (χ2v) is 8.52. The number of carbonyl (C=O) groups excluding carboxylic acids is 2. The number of carbonyl (C=O) groups is 2. The number of anilines is 1. The van der Waals surface area contributed by atoms with E-state index in [1.54, 1.807) is 48.7 Å². The fraction of sp³-hybridized carbons (Fsp3) is 0.286. The fourth-order valence-corrected chi connectivity index (χ4v) is 4.21. The highest BCUT2D eigenvalue weighted by molar-refractivity contribution is 7.15. The molecule has 4 aromatic heterocycles. The number of hydrogen-bond acceptors (Lipinski definition) is 6. The average molecular weight is 438 g/mol. The van der Waals surface area contributed by atoms with Crippen LogP contribution in [-0.4, -0.2) is 43.4 Å². The van der Waals surface area contributed by atoms with Crippen molar-refractivity contribution in [2.45, 2.75) is 33.2 Å². The molecule has 0 saturated heterocycles. The maximum atomic E-state index is 13.1. The molecule has 1 unspecified atom stereocenters. The van der Waals surface area contributed by atoms with Gasteiger partial charge < -0.3 is 10.2 Å². The summed E-state index contributed by atoms with van der Waals surface area (Å²) in [4.78, 5) is 37.9. The predicted octanol–water partition coefficient (Wildman–Crippen LogP) is 3.35. The average Bonchev–Trinajstić information content (AvgIpc) is 3.52. The first-order chi connectivity index (χ1) is 14.9. The number of thiophene rings is 1. The van der Waals surface area contributed by atoms with Crippen molar-refractivity contribution in [1.82, 2.24) is 29.9 Å². The van der Waals surface area contributed by atoms with Gasteiger partial charge in [0.25, 0.3) is 5.91 Å². The maximum Gasteiger partial charge on any atom is 0.253 e. The largest absolute Gasteiger partial charge is 0.342 e. The van der Waals surface area contributed by atoms with Gasteiger partial charge in [-0.25, -0.2) is 9.97 Å². The first-order valence-electron chi connectivity index (χ1n) is 9.89. The quantitative estimate of drug-likeness (QED) is 0.481. The summed E-state index contributed by atoms with van der Waals surface area (Å²) in [7, 11) is 1.70. The molecular formula is C21H23N7O2S. The van der Waals surface area contributed by atoms with Crippen LogP contribution >= 0.6 is 11.3 Å². The van der Waals surface area contributed by atoms with Crippen LogP contribution in [0, 0.1) is 6.92 Å². The van der Waals surface area contributed by atoms with Crippen molar-refractivity contribution in [3.63, 3.8) is 0 Å². The molecule has 0 aliphatic rings. The minimum Gasteiger partial charge on any atom is -0.342 e. The van der Waals surface area contributed by atoms with E-state index in [2.05, 4.69) is 25.5 Å². The number of nitrogens with one attached hydrogen (secondary N) is 2. The lowest BCUT2D eigenvalue weighted by molar-refractivity contribution is -0.118. The Bertz CT molecular complexity index is 1240. The van der Waals surface area contributed by atoms with Crippen molar-refractivity contribution < 1.29 is 9.59 Å². The number of aromatic nitrogens is 5. The Morgan fingerprint density at radius 3 is 2.77 bits per heavy atom. The first-order valence-corrected chi connectivity index (χ1v) is 10.7. The summed E-state index contributed by atoms with van der Waals surface area (Å²) in [5.74, 6) is 0.211. The molecule has 160 valence electrons. The van der Waals surface area contributed by atoms with Crippen LogP contribution in [0.4, 0.5) is 5.69 Å². The molecule has 0 aliphatic heterocycles. The van der Waals surface area contributed by atoms with Gasteiger partial charge >= 0.3 is 0 Å². The monoisotopic (exact) mass is 437 g/mol. The minimum atomic E-state index is -0.355. The zero-order valence-corrected chi connectivity index (χ0v) is 18.5. The molecule has 1 atom stereocenters. The third-order valence-electron chi connectivity index (χ3n) is 5.07. The van der Waals surface area contributed by atoms with E-state index in [1.165, 1.54) is 11.2 Å². The lowest BCUT2D eigenvalue weighted by Crippen LogP contribution is -2.29. The summed E-state index contributed by atoms with van der Waals surface area (Å²) in [6, 6.07) is 5.42. The summed E-state index contributed by atoms with van der Waals surface area (Å²) >= 11 is 1.65. The Morgan fingerprint density at radius 2 is 2.13 bits per heavy atom. The predicted molar refractivity (Wildman–Crippen MR) is 119 cm³/mol. The first kappa shape index (κ1) is 20.7. The Kier molecular flexibility index (Phi) is 5.55. The SMILES string of the molecule is CCC(=O)N(C)c1cc(C(=O)NC(C)c2ncn[nH]2)cn2c(-c3ccc(C)s3)cnc12. The molecular weight excluding hydrogens is 414 g/mol. The molecule has 0 radical (unpaired) electrons. The van der Waals surface area contributed by atoms with Crippen LogP contribution in [0.15, 0.2) is 36.9 Å². The Balaban J connectivity index is 1.80. The zero-order valence-electron chi connectivity index (χ0n) is 17.7. The Hall–Kier alpha value is -3.53. The number of rotatable bonds is 6. The van der Waals surface area contributed by atoms with Gasteiger partial charge in [0.05, 0.1) is 34.1 Å². The van der Waals surface area contributed by atoms with Crippen LogP contribution in [0.25, 0.3) is 16.2 Å². The number of imidazole rings is 1. The molecule has 4 aromatic rings. The van der Waals surface area contributed by atoms with Gasteiger partial charge in [0, 0.05) is 24.5 Å².